The number of nitrogens with zero attached hydrogens (tertiary/aromatic N) is 1. The standard InChI is InChI=1S/C13H22N2O2/c1-9-6-4-5-7-10(9)15-8-11(16)14-13(2,3)12(15)17/h9-10H,4-8H2,1-3H3,(H,14,16). The van der Waals surface area contributed by atoms with Crippen molar-refractivity contribution in [1.29, 1.82) is 0 Å². The quantitative estimate of drug-likeness (QED) is 0.748. The van der Waals surface area contributed by atoms with Gasteiger partial charge in [0.15, 0.2) is 0 Å². The summed E-state index contributed by atoms with van der Waals surface area (Å²) in [5, 5.41) is 2.76. The van der Waals surface area contributed by atoms with Gasteiger partial charge < -0.3 is 10.2 Å². The molecule has 1 aliphatic heterocycles. The maximum atomic E-state index is 12.3. The molecule has 2 unspecified atom stereocenters. The van der Waals surface area contributed by atoms with E-state index in [9.17, 15) is 9.59 Å². The van der Waals surface area contributed by atoms with Gasteiger partial charge in [-0.2, -0.15) is 0 Å². The van der Waals surface area contributed by atoms with Crippen LogP contribution in [-0.2, 0) is 9.59 Å². The highest BCUT2D eigenvalue weighted by Gasteiger charge is 2.43. The second kappa shape index (κ2) is 4.31. The van der Waals surface area contributed by atoms with Crippen LogP contribution in [0.25, 0.3) is 0 Å². The van der Waals surface area contributed by atoms with Crippen LogP contribution in [0, 0.1) is 5.92 Å². The smallest absolute Gasteiger partial charge is 0.248 e. The zero-order chi connectivity index (χ0) is 12.6. The second-order valence-corrected chi connectivity index (χ2v) is 5.94. The lowest BCUT2D eigenvalue weighted by molar-refractivity contribution is -0.152. The van der Waals surface area contributed by atoms with Crippen LogP contribution in [0.5, 0.6) is 0 Å². The molecular formula is C13H22N2O2. The minimum Gasteiger partial charge on any atom is -0.341 e. The van der Waals surface area contributed by atoms with E-state index in [1.807, 2.05) is 4.90 Å². The molecule has 96 valence electrons. The Morgan fingerprint density at radius 2 is 1.88 bits per heavy atom. The largest absolute Gasteiger partial charge is 0.341 e. The maximum Gasteiger partial charge on any atom is 0.248 e. The van der Waals surface area contributed by atoms with Gasteiger partial charge in [-0.3, -0.25) is 9.59 Å². The normalized spacial score (nSPS) is 33.5. The Morgan fingerprint density at radius 1 is 1.24 bits per heavy atom. The van der Waals surface area contributed by atoms with Crippen molar-refractivity contribution >= 4 is 11.8 Å². The lowest BCUT2D eigenvalue weighted by Crippen LogP contribution is -2.66. The monoisotopic (exact) mass is 238 g/mol. The Bertz CT molecular complexity index is 338. The molecule has 0 spiro atoms. The molecule has 17 heavy (non-hydrogen) atoms. The van der Waals surface area contributed by atoms with Crippen molar-refractivity contribution in [2.45, 2.75) is 58.0 Å². The molecule has 2 amide bonds. The first-order chi connectivity index (χ1) is 7.92. The zero-order valence-corrected chi connectivity index (χ0v) is 11.0. The number of rotatable bonds is 1. The van der Waals surface area contributed by atoms with Crippen LogP contribution >= 0.6 is 0 Å². The van der Waals surface area contributed by atoms with Crippen molar-refractivity contribution in [3.05, 3.63) is 0 Å². The molecule has 0 aromatic carbocycles. The predicted octanol–water partition coefficient (Wildman–Crippen LogP) is 1.30. The minimum atomic E-state index is -0.744. The molecule has 2 atom stereocenters. The van der Waals surface area contributed by atoms with Gasteiger partial charge in [-0.25, -0.2) is 0 Å². The Balaban J connectivity index is 2.18. The predicted molar refractivity (Wildman–Crippen MR) is 65.4 cm³/mol. The SMILES string of the molecule is CC1CCCCC1N1CC(=O)NC(C)(C)C1=O. The van der Waals surface area contributed by atoms with Gasteiger partial charge in [-0.05, 0) is 32.6 Å². The first-order valence-corrected chi connectivity index (χ1v) is 6.54. The molecule has 1 saturated heterocycles. The summed E-state index contributed by atoms with van der Waals surface area (Å²) in [5.41, 5.74) is -0.744. The van der Waals surface area contributed by atoms with Gasteiger partial charge in [0.2, 0.25) is 11.8 Å². The summed E-state index contributed by atoms with van der Waals surface area (Å²) in [7, 11) is 0. The van der Waals surface area contributed by atoms with Crippen LogP contribution in [0.2, 0.25) is 0 Å². The van der Waals surface area contributed by atoms with E-state index in [4.69, 9.17) is 0 Å². The number of hydrogen-bond acceptors (Lipinski definition) is 2. The van der Waals surface area contributed by atoms with Crippen molar-refractivity contribution in [2.75, 3.05) is 6.54 Å². The van der Waals surface area contributed by atoms with Gasteiger partial charge >= 0.3 is 0 Å². The average molecular weight is 238 g/mol. The molecule has 2 aliphatic rings. The number of carbonyl (C=O) groups is 2. The summed E-state index contributed by atoms with van der Waals surface area (Å²) >= 11 is 0. The minimum absolute atomic E-state index is 0.0348. The van der Waals surface area contributed by atoms with Gasteiger partial charge in [0.1, 0.15) is 5.54 Å². The van der Waals surface area contributed by atoms with Crippen LogP contribution in [-0.4, -0.2) is 34.8 Å². The number of hydrogen-bond donors (Lipinski definition) is 1. The van der Waals surface area contributed by atoms with Crippen LogP contribution in [0.3, 0.4) is 0 Å². The van der Waals surface area contributed by atoms with Gasteiger partial charge in [0.05, 0.1) is 6.54 Å². The van der Waals surface area contributed by atoms with Crippen molar-refractivity contribution in [1.82, 2.24) is 10.2 Å². The molecule has 0 bridgehead atoms. The van der Waals surface area contributed by atoms with Gasteiger partial charge in [0.25, 0.3) is 0 Å². The summed E-state index contributed by atoms with van der Waals surface area (Å²) in [5.74, 6) is 0.539. The second-order valence-electron chi connectivity index (χ2n) is 5.94. The maximum absolute atomic E-state index is 12.3. The molecule has 1 saturated carbocycles. The van der Waals surface area contributed by atoms with E-state index in [2.05, 4.69) is 12.2 Å². The number of piperazine rings is 1. The third-order valence-corrected chi connectivity index (χ3v) is 4.03. The lowest BCUT2D eigenvalue weighted by atomic mass is 9.83. The Morgan fingerprint density at radius 3 is 2.53 bits per heavy atom. The molecule has 2 rings (SSSR count). The fraction of sp³-hybridized carbons (Fsp3) is 0.846. The van der Waals surface area contributed by atoms with E-state index in [-0.39, 0.29) is 24.4 Å². The highest BCUT2D eigenvalue weighted by Crippen LogP contribution is 2.30. The molecule has 4 nitrogen and oxygen atoms in total. The summed E-state index contributed by atoms with van der Waals surface area (Å²) in [4.78, 5) is 25.8. The van der Waals surface area contributed by atoms with E-state index in [1.165, 1.54) is 12.8 Å². The van der Waals surface area contributed by atoms with Gasteiger partial charge in [-0.15, -0.1) is 0 Å². The molecule has 1 aliphatic carbocycles. The first kappa shape index (κ1) is 12.4. The van der Waals surface area contributed by atoms with Crippen molar-refractivity contribution in [2.24, 2.45) is 5.92 Å². The summed E-state index contributed by atoms with van der Waals surface area (Å²) < 4.78 is 0. The fourth-order valence-corrected chi connectivity index (χ4v) is 3.05. The van der Waals surface area contributed by atoms with E-state index >= 15 is 0 Å². The Labute approximate surface area is 103 Å². The molecule has 2 fully saturated rings. The molecule has 0 radical (unpaired) electrons. The number of nitrogens with one attached hydrogen (secondary N) is 1. The van der Waals surface area contributed by atoms with Crippen molar-refractivity contribution < 1.29 is 9.59 Å². The molecule has 0 aromatic heterocycles. The fourth-order valence-electron chi connectivity index (χ4n) is 3.05. The van der Waals surface area contributed by atoms with Crippen molar-refractivity contribution in [3.8, 4) is 0 Å². The van der Waals surface area contributed by atoms with E-state index in [0.29, 0.717) is 5.92 Å². The van der Waals surface area contributed by atoms with Crippen molar-refractivity contribution in [3.63, 3.8) is 0 Å². The third-order valence-electron chi connectivity index (χ3n) is 4.03. The highest BCUT2D eigenvalue weighted by molar-refractivity contribution is 5.97. The summed E-state index contributed by atoms with van der Waals surface area (Å²) in [6.45, 7) is 5.99. The molecule has 0 aromatic rings. The van der Waals surface area contributed by atoms with Crippen LogP contribution in [0.15, 0.2) is 0 Å². The Kier molecular flexibility index (Phi) is 3.15. The molecule has 1 N–H and O–H groups in total. The van der Waals surface area contributed by atoms with E-state index in [0.717, 1.165) is 12.8 Å². The summed E-state index contributed by atoms with van der Waals surface area (Å²) in [6, 6.07) is 0.251. The van der Waals surface area contributed by atoms with Crippen LogP contribution in [0.4, 0.5) is 0 Å². The van der Waals surface area contributed by atoms with E-state index < -0.39 is 5.54 Å². The average Bonchev–Trinajstić information content (AvgIpc) is 2.24. The molecule has 4 heteroatoms. The number of carbonyl (C=O) groups excluding carboxylic acids is 2. The Hall–Kier alpha value is -1.06. The topological polar surface area (TPSA) is 49.4 Å². The highest BCUT2D eigenvalue weighted by atomic mass is 16.2. The van der Waals surface area contributed by atoms with Gasteiger partial charge in [-0.1, -0.05) is 19.8 Å². The van der Waals surface area contributed by atoms with Crippen LogP contribution < -0.4 is 5.32 Å². The number of amides is 2. The van der Waals surface area contributed by atoms with E-state index in [1.54, 1.807) is 13.8 Å². The van der Waals surface area contributed by atoms with Gasteiger partial charge in [0, 0.05) is 6.04 Å². The van der Waals surface area contributed by atoms with Crippen LogP contribution in [0.1, 0.15) is 46.5 Å². The zero-order valence-electron chi connectivity index (χ0n) is 11.0. The third kappa shape index (κ3) is 2.31. The molecule has 1 heterocycles. The summed E-state index contributed by atoms with van der Waals surface area (Å²) in [6.07, 6.45) is 4.61. The molecular weight excluding hydrogens is 216 g/mol. The first-order valence-electron chi connectivity index (χ1n) is 6.54. The lowest BCUT2D eigenvalue weighted by Gasteiger charge is -2.45.